The lowest BCUT2D eigenvalue weighted by molar-refractivity contribution is -0.143. The maximum atomic E-state index is 13.0. The molecule has 7 N–H and O–H groups in total. The van der Waals surface area contributed by atoms with Gasteiger partial charge in [-0.2, -0.15) is 0 Å². The molecule has 5 unspecified atom stereocenters. The number of carboxylic acid groups (broad SMARTS) is 2. The molecule has 0 aliphatic carbocycles. The summed E-state index contributed by atoms with van der Waals surface area (Å²) in [6, 6.07) is 4.19. The number of amides is 3. The number of carboxylic acids is 2. The standard InChI is InChI=1S/C25H38N4O7/c1-5-15(4)20(26)23(33)29-21(14(2)3)24(34)27-17(11-12-19(30)31)22(32)28-18(25(35)36)13-16-9-7-6-8-10-16/h6-10,14-15,17-18,20-21H,5,11-13,26H2,1-4H3,(H,27,34)(H,28,32)(H,29,33)(H,30,31)(H,35,36). The van der Waals surface area contributed by atoms with Crippen LogP contribution in [0.3, 0.4) is 0 Å². The quantitative estimate of drug-likeness (QED) is 0.200. The van der Waals surface area contributed by atoms with Gasteiger partial charge in [0.1, 0.15) is 18.1 Å². The van der Waals surface area contributed by atoms with E-state index in [1.165, 1.54) is 0 Å². The van der Waals surface area contributed by atoms with Crippen LogP contribution in [0.2, 0.25) is 0 Å². The maximum Gasteiger partial charge on any atom is 0.326 e. The van der Waals surface area contributed by atoms with Crippen molar-refractivity contribution in [2.75, 3.05) is 0 Å². The average Bonchev–Trinajstić information content (AvgIpc) is 2.83. The molecule has 1 rings (SSSR count). The number of nitrogens with one attached hydrogen (secondary N) is 3. The lowest BCUT2D eigenvalue weighted by atomic mass is 9.97. The number of hydrogen-bond acceptors (Lipinski definition) is 6. The summed E-state index contributed by atoms with van der Waals surface area (Å²) in [4.78, 5) is 61.4. The lowest BCUT2D eigenvalue weighted by Gasteiger charge is -2.27. The zero-order chi connectivity index (χ0) is 27.4. The highest BCUT2D eigenvalue weighted by Crippen LogP contribution is 2.10. The first-order chi connectivity index (χ1) is 16.9. The van der Waals surface area contributed by atoms with E-state index < -0.39 is 60.2 Å². The van der Waals surface area contributed by atoms with E-state index in [9.17, 15) is 29.1 Å². The largest absolute Gasteiger partial charge is 0.481 e. The highest BCUT2D eigenvalue weighted by molar-refractivity contribution is 5.94. The Balaban J connectivity index is 3.02. The van der Waals surface area contributed by atoms with E-state index in [0.29, 0.717) is 12.0 Å². The third-order valence-corrected chi connectivity index (χ3v) is 5.98. The molecule has 11 heteroatoms. The molecule has 5 atom stereocenters. The third kappa shape index (κ3) is 10.0. The van der Waals surface area contributed by atoms with Gasteiger partial charge in [0.15, 0.2) is 0 Å². The van der Waals surface area contributed by atoms with E-state index in [1.807, 2.05) is 13.8 Å². The number of rotatable bonds is 15. The summed E-state index contributed by atoms with van der Waals surface area (Å²) < 4.78 is 0. The van der Waals surface area contributed by atoms with Gasteiger partial charge in [0, 0.05) is 12.8 Å². The SMILES string of the molecule is CCC(C)C(N)C(=O)NC(C(=O)NC(CCC(=O)O)C(=O)NC(Cc1ccccc1)C(=O)O)C(C)C. The van der Waals surface area contributed by atoms with E-state index in [4.69, 9.17) is 10.8 Å². The molecule has 0 radical (unpaired) electrons. The molecular formula is C25H38N4O7. The Morgan fingerprint density at radius 3 is 1.94 bits per heavy atom. The molecule has 0 aliphatic rings. The minimum atomic E-state index is -1.33. The second-order valence-electron chi connectivity index (χ2n) is 9.22. The Morgan fingerprint density at radius 2 is 1.44 bits per heavy atom. The van der Waals surface area contributed by atoms with E-state index in [2.05, 4.69) is 16.0 Å². The average molecular weight is 507 g/mol. The fraction of sp³-hybridized carbons (Fsp3) is 0.560. The topological polar surface area (TPSA) is 188 Å². The van der Waals surface area contributed by atoms with E-state index >= 15 is 0 Å². The zero-order valence-corrected chi connectivity index (χ0v) is 21.2. The Bertz CT molecular complexity index is 907. The van der Waals surface area contributed by atoms with Crippen molar-refractivity contribution in [1.82, 2.24) is 16.0 Å². The summed E-state index contributed by atoms with van der Waals surface area (Å²) >= 11 is 0. The van der Waals surface area contributed by atoms with Crippen molar-refractivity contribution in [3.05, 3.63) is 35.9 Å². The molecule has 0 aliphatic heterocycles. The molecule has 0 heterocycles. The Labute approximate surface area is 211 Å². The molecule has 0 bridgehead atoms. The predicted octanol–water partition coefficient (Wildman–Crippen LogP) is 0.662. The molecule has 11 nitrogen and oxygen atoms in total. The van der Waals surface area contributed by atoms with Crippen LogP contribution in [0.4, 0.5) is 0 Å². The number of benzene rings is 1. The van der Waals surface area contributed by atoms with E-state index in [1.54, 1.807) is 44.2 Å². The van der Waals surface area contributed by atoms with Crippen LogP contribution in [0.1, 0.15) is 52.5 Å². The molecule has 36 heavy (non-hydrogen) atoms. The molecule has 3 amide bonds. The monoisotopic (exact) mass is 506 g/mol. The van der Waals surface area contributed by atoms with Crippen molar-refractivity contribution in [2.45, 2.75) is 77.5 Å². The van der Waals surface area contributed by atoms with Gasteiger partial charge in [0.2, 0.25) is 17.7 Å². The number of carbonyl (C=O) groups is 5. The Hall–Kier alpha value is -3.47. The first-order valence-corrected chi connectivity index (χ1v) is 12.0. The number of aliphatic carboxylic acids is 2. The lowest BCUT2D eigenvalue weighted by Crippen LogP contribution is -2.59. The first-order valence-electron chi connectivity index (χ1n) is 12.0. The summed E-state index contributed by atoms with van der Waals surface area (Å²) in [5.41, 5.74) is 6.65. The molecule has 0 spiro atoms. The first kappa shape index (κ1) is 30.6. The van der Waals surface area contributed by atoms with Gasteiger partial charge < -0.3 is 31.9 Å². The second kappa shape index (κ2) is 14.8. The predicted molar refractivity (Wildman–Crippen MR) is 133 cm³/mol. The number of hydrogen-bond donors (Lipinski definition) is 6. The molecule has 0 saturated carbocycles. The highest BCUT2D eigenvalue weighted by atomic mass is 16.4. The number of nitrogens with two attached hydrogens (primary N) is 1. The van der Waals surface area contributed by atoms with Crippen molar-refractivity contribution < 1.29 is 34.2 Å². The third-order valence-electron chi connectivity index (χ3n) is 5.98. The van der Waals surface area contributed by atoms with Crippen LogP contribution in [0.15, 0.2) is 30.3 Å². The summed E-state index contributed by atoms with van der Waals surface area (Å²) in [6.07, 6.45) is -0.0416. The highest BCUT2D eigenvalue weighted by Gasteiger charge is 2.32. The van der Waals surface area contributed by atoms with Crippen molar-refractivity contribution in [3.8, 4) is 0 Å². The van der Waals surface area contributed by atoms with Crippen molar-refractivity contribution in [2.24, 2.45) is 17.6 Å². The minimum Gasteiger partial charge on any atom is -0.481 e. The smallest absolute Gasteiger partial charge is 0.326 e. The fourth-order valence-electron chi connectivity index (χ4n) is 3.42. The van der Waals surface area contributed by atoms with Crippen molar-refractivity contribution >= 4 is 29.7 Å². The van der Waals surface area contributed by atoms with Gasteiger partial charge in [-0.05, 0) is 23.8 Å². The molecule has 0 aromatic heterocycles. The Morgan fingerprint density at radius 1 is 0.861 bits per heavy atom. The summed E-state index contributed by atoms with van der Waals surface area (Å²) in [6.45, 7) is 7.10. The molecule has 0 saturated heterocycles. The molecule has 0 fully saturated rings. The molecule has 1 aromatic rings. The van der Waals surface area contributed by atoms with Gasteiger partial charge >= 0.3 is 11.9 Å². The zero-order valence-electron chi connectivity index (χ0n) is 21.2. The second-order valence-corrected chi connectivity index (χ2v) is 9.22. The normalized spacial score (nSPS) is 15.2. The van der Waals surface area contributed by atoms with Gasteiger partial charge in [0.05, 0.1) is 6.04 Å². The fourth-order valence-corrected chi connectivity index (χ4v) is 3.42. The van der Waals surface area contributed by atoms with Crippen molar-refractivity contribution in [1.29, 1.82) is 0 Å². The summed E-state index contributed by atoms with van der Waals surface area (Å²) in [5.74, 6) is -5.00. The van der Waals surface area contributed by atoms with Crippen LogP contribution in [-0.2, 0) is 30.4 Å². The van der Waals surface area contributed by atoms with Gasteiger partial charge in [-0.3, -0.25) is 19.2 Å². The van der Waals surface area contributed by atoms with Gasteiger partial charge in [-0.15, -0.1) is 0 Å². The molecule has 1 aromatic carbocycles. The van der Waals surface area contributed by atoms with Crippen LogP contribution in [-0.4, -0.2) is 64.0 Å². The van der Waals surface area contributed by atoms with E-state index in [0.717, 1.165) is 0 Å². The summed E-state index contributed by atoms with van der Waals surface area (Å²) in [5, 5.41) is 26.2. The summed E-state index contributed by atoms with van der Waals surface area (Å²) in [7, 11) is 0. The number of carbonyl (C=O) groups excluding carboxylic acids is 3. The van der Waals surface area contributed by atoms with Crippen LogP contribution < -0.4 is 21.7 Å². The maximum absolute atomic E-state index is 13.0. The van der Waals surface area contributed by atoms with Crippen molar-refractivity contribution in [3.63, 3.8) is 0 Å². The minimum absolute atomic E-state index is 0.000309. The Kier molecular flexibility index (Phi) is 12.6. The van der Waals surface area contributed by atoms with Gasteiger partial charge in [-0.25, -0.2) is 4.79 Å². The van der Waals surface area contributed by atoms with Crippen LogP contribution >= 0.6 is 0 Å². The molecular weight excluding hydrogens is 468 g/mol. The van der Waals surface area contributed by atoms with Crippen LogP contribution in [0, 0.1) is 11.8 Å². The van der Waals surface area contributed by atoms with Crippen LogP contribution in [0.25, 0.3) is 0 Å². The van der Waals surface area contributed by atoms with E-state index in [-0.39, 0.29) is 24.7 Å². The van der Waals surface area contributed by atoms with Gasteiger partial charge in [0.25, 0.3) is 0 Å². The van der Waals surface area contributed by atoms with Crippen LogP contribution in [0.5, 0.6) is 0 Å². The van der Waals surface area contributed by atoms with Gasteiger partial charge in [-0.1, -0.05) is 64.4 Å². The molecule has 200 valence electrons.